The minimum Gasteiger partial charge on any atom is -0.367 e. The highest BCUT2D eigenvalue weighted by molar-refractivity contribution is 5.86. The van der Waals surface area contributed by atoms with Crippen molar-refractivity contribution in [3.05, 3.63) is 42.0 Å². The summed E-state index contributed by atoms with van der Waals surface area (Å²) in [6, 6.07) is 14.5. The number of hydrogen-bond acceptors (Lipinski definition) is 2. The Labute approximate surface area is 121 Å². The van der Waals surface area contributed by atoms with E-state index in [0.29, 0.717) is 0 Å². The standard InChI is InChI=1S/C18H22N2/c1-14-2-3-16-13-18(5-4-15(16)12-14)20-11-10-19-8-6-17(20)7-9-19/h2-5,12-13,17H,6-11H2,1H3. The molecule has 2 heteroatoms. The topological polar surface area (TPSA) is 6.48 Å². The van der Waals surface area contributed by atoms with Gasteiger partial charge in [0.05, 0.1) is 0 Å². The molecule has 0 atom stereocenters. The second-order valence-corrected chi connectivity index (χ2v) is 6.30. The number of benzene rings is 2. The van der Waals surface area contributed by atoms with Gasteiger partial charge in [-0.1, -0.05) is 29.8 Å². The van der Waals surface area contributed by atoms with Crippen LogP contribution in [-0.2, 0) is 0 Å². The summed E-state index contributed by atoms with van der Waals surface area (Å²) < 4.78 is 0. The quantitative estimate of drug-likeness (QED) is 0.780. The number of hydrogen-bond donors (Lipinski definition) is 0. The normalized spacial score (nSPS) is 25.9. The monoisotopic (exact) mass is 266 g/mol. The molecule has 3 heterocycles. The van der Waals surface area contributed by atoms with Crippen molar-refractivity contribution in [1.82, 2.24) is 4.90 Å². The van der Waals surface area contributed by atoms with E-state index in [9.17, 15) is 0 Å². The van der Waals surface area contributed by atoms with Crippen molar-refractivity contribution >= 4 is 16.5 Å². The molecule has 0 saturated carbocycles. The molecule has 0 aliphatic carbocycles. The maximum atomic E-state index is 2.65. The molecule has 0 aromatic heterocycles. The average Bonchev–Trinajstić information content (AvgIpc) is 2.80. The first kappa shape index (κ1) is 12.2. The van der Waals surface area contributed by atoms with Crippen molar-refractivity contribution in [2.75, 3.05) is 31.1 Å². The predicted molar refractivity (Wildman–Crippen MR) is 85.5 cm³/mol. The zero-order valence-electron chi connectivity index (χ0n) is 12.2. The Balaban J connectivity index is 1.72. The predicted octanol–water partition coefficient (Wildman–Crippen LogP) is 3.43. The first-order valence-corrected chi connectivity index (χ1v) is 7.79. The van der Waals surface area contributed by atoms with Crippen LogP contribution in [0.15, 0.2) is 36.4 Å². The van der Waals surface area contributed by atoms with Crippen LogP contribution in [0.4, 0.5) is 5.69 Å². The largest absolute Gasteiger partial charge is 0.367 e. The Morgan fingerprint density at radius 3 is 2.45 bits per heavy atom. The van der Waals surface area contributed by atoms with Gasteiger partial charge in [0.25, 0.3) is 0 Å². The second-order valence-electron chi connectivity index (χ2n) is 6.30. The third kappa shape index (κ3) is 2.08. The van der Waals surface area contributed by atoms with Crippen LogP contribution >= 0.6 is 0 Å². The second kappa shape index (κ2) is 4.78. The molecular weight excluding hydrogens is 244 g/mol. The maximum absolute atomic E-state index is 2.65. The summed E-state index contributed by atoms with van der Waals surface area (Å²) in [7, 11) is 0. The van der Waals surface area contributed by atoms with Crippen molar-refractivity contribution in [3.8, 4) is 0 Å². The van der Waals surface area contributed by atoms with E-state index in [0.717, 1.165) is 6.04 Å². The number of piperidine rings is 1. The highest BCUT2D eigenvalue weighted by Crippen LogP contribution is 2.29. The molecule has 0 amide bonds. The van der Waals surface area contributed by atoms with Crippen molar-refractivity contribution in [3.63, 3.8) is 0 Å². The number of anilines is 1. The Kier molecular flexibility index (Phi) is 2.92. The van der Waals surface area contributed by atoms with Gasteiger partial charge in [0.15, 0.2) is 0 Å². The molecule has 3 saturated heterocycles. The fourth-order valence-corrected chi connectivity index (χ4v) is 3.76. The Morgan fingerprint density at radius 1 is 0.850 bits per heavy atom. The first-order chi connectivity index (χ1) is 9.79. The smallest absolute Gasteiger partial charge is 0.0375 e. The summed E-state index contributed by atoms with van der Waals surface area (Å²) in [6.45, 7) is 7.14. The van der Waals surface area contributed by atoms with Crippen LogP contribution in [0.25, 0.3) is 10.8 Å². The molecule has 0 radical (unpaired) electrons. The molecule has 2 nitrogen and oxygen atoms in total. The van der Waals surface area contributed by atoms with Crippen molar-refractivity contribution in [1.29, 1.82) is 0 Å². The number of rotatable bonds is 1. The van der Waals surface area contributed by atoms with Gasteiger partial charge in [-0.3, -0.25) is 0 Å². The van der Waals surface area contributed by atoms with Crippen molar-refractivity contribution in [2.24, 2.45) is 0 Å². The molecule has 3 aliphatic rings. The van der Waals surface area contributed by atoms with Crippen LogP contribution in [0.2, 0.25) is 0 Å². The molecule has 0 unspecified atom stereocenters. The van der Waals surface area contributed by atoms with E-state index in [1.54, 1.807) is 0 Å². The zero-order valence-corrected chi connectivity index (χ0v) is 12.2. The summed E-state index contributed by atoms with van der Waals surface area (Å²) in [5.41, 5.74) is 2.75. The summed E-state index contributed by atoms with van der Waals surface area (Å²) >= 11 is 0. The van der Waals surface area contributed by atoms with Gasteiger partial charge in [-0.15, -0.1) is 0 Å². The number of aryl methyl sites for hydroxylation is 1. The summed E-state index contributed by atoms with van der Waals surface area (Å²) in [4.78, 5) is 5.26. The molecule has 20 heavy (non-hydrogen) atoms. The first-order valence-electron chi connectivity index (χ1n) is 7.79. The van der Waals surface area contributed by atoms with E-state index >= 15 is 0 Å². The third-order valence-corrected chi connectivity index (χ3v) is 4.97. The van der Waals surface area contributed by atoms with E-state index in [-0.39, 0.29) is 0 Å². The van der Waals surface area contributed by atoms with Gasteiger partial charge in [0.2, 0.25) is 0 Å². The lowest BCUT2D eigenvalue weighted by Gasteiger charge is -2.33. The Bertz CT molecular complexity index is 626. The highest BCUT2D eigenvalue weighted by atomic mass is 15.3. The van der Waals surface area contributed by atoms with Crippen molar-refractivity contribution in [2.45, 2.75) is 25.8 Å². The van der Waals surface area contributed by atoms with Gasteiger partial charge in [-0.25, -0.2) is 0 Å². The molecule has 104 valence electrons. The van der Waals surface area contributed by atoms with E-state index in [1.165, 1.54) is 61.0 Å². The molecule has 2 bridgehead atoms. The van der Waals surface area contributed by atoms with Gasteiger partial charge < -0.3 is 9.80 Å². The fourth-order valence-electron chi connectivity index (χ4n) is 3.76. The summed E-state index contributed by atoms with van der Waals surface area (Å²) in [5.74, 6) is 0. The van der Waals surface area contributed by atoms with Gasteiger partial charge in [-0.2, -0.15) is 0 Å². The van der Waals surface area contributed by atoms with Crippen LogP contribution in [0.1, 0.15) is 18.4 Å². The molecule has 2 aromatic rings. The lowest BCUT2D eigenvalue weighted by atomic mass is 10.0. The Hall–Kier alpha value is -1.54. The molecule has 3 fully saturated rings. The highest BCUT2D eigenvalue weighted by Gasteiger charge is 2.28. The van der Waals surface area contributed by atoms with Crippen LogP contribution in [0, 0.1) is 6.92 Å². The molecule has 5 rings (SSSR count). The zero-order chi connectivity index (χ0) is 13.5. The SMILES string of the molecule is Cc1ccc2cc(N3CCN4CCC3CC4)ccc2c1. The minimum absolute atomic E-state index is 0.747. The fraction of sp³-hybridized carbons (Fsp3) is 0.444. The van der Waals surface area contributed by atoms with Gasteiger partial charge in [0.1, 0.15) is 0 Å². The lowest BCUT2D eigenvalue weighted by molar-refractivity contribution is 0.250. The average molecular weight is 266 g/mol. The van der Waals surface area contributed by atoms with E-state index in [2.05, 4.69) is 53.1 Å². The molecule has 3 aliphatic heterocycles. The van der Waals surface area contributed by atoms with E-state index in [4.69, 9.17) is 0 Å². The minimum atomic E-state index is 0.747. The third-order valence-electron chi connectivity index (χ3n) is 4.97. The van der Waals surface area contributed by atoms with Crippen LogP contribution in [0.3, 0.4) is 0 Å². The lowest BCUT2D eigenvalue weighted by Crippen LogP contribution is -2.37. The van der Waals surface area contributed by atoms with Crippen LogP contribution in [0.5, 0.6) is 0 Å². The number of nitrogens with zero attached hydrogens (tertiary/aromatic N) is 2. The summed E-state index contributed by atoms with van der Waals surface area (Å²) in [5, 5.41) is 2.73. The Morgan fingerprint density at radius 2 is 1.60 bits per heavy atom. The van der Waals surface area contributed by atoms with Gasteiger partial charge in [0, 0.05) is 37.9 Å². The maximum Gasteiger partial charge on any atom is 0.0375 e. The summed E-state index contributed by atoms with van der Waals surface area (Å²) in [6.07, 6.45) is 2.65. The van der Waals surface area contributed by atoms with Gasteiger partial charge in [-0.05, 0) is 42.7 Å². The van der Waals surface area contributed by atoms with E-state index < -0.39 is 0 Å². The van der Waals surface area contributed by atoms with Crippen LogP contribution < -0.4 is 4.90 Å². The van der Waals surface area contributed by atoms with Crippen LogP contribution in [-0.4, -0.2) is 37.1 Å². The molecule has 0 spiro atoms. The number of fused-ring (bicyclic) bond motifs is 5. The van der Waals surface area contributed by atoms with Crippen molar-refractivity contribution < 1.29 is 0 Å². The van der Waals surface area contributed by atoms with E-state index in [1.807, 2.05) is 0 Å². The molecule has 0 N–H and O–H groups in total. The molecule has 2 aromatic carbocycles. The van der Waals surface area contributed by atoms with Gasteiger partial charge >= 0.3 is 0 Å². The molecular formula is C18H22N2.